The summed E-state index contributed by atoms with van der Waals surface area (Å²) in [5.41, 5.74) is 0. The van der Waals surface area contributed by atoms with Crippen LogP contribution < -0.4 is 5.32 Å². The minimum atomic E-state index is 0.266. The van der Waals surface area contributed by atoms with Crippen LogP contribution in [0.25, 0.3) is 0 Å². The van der Waals surface area contributed by atoms with Gasteiger partial charge in [0.15, 0.2) is 0 Å². The molecule has 0 radical (unpaired) electrons. The molecule has 1 saturated heterocycles. The first-order chi connectivity index (χ1) is 10.8. The van der Waals surface area contributed by atoms with Gasteiger partial charge in [-0.05, 0) is 51.5 Å². The molecule has 3 nitrogen and oxygen atoms in total. The maximum Gasteiger partial charge on any atom is 0.219 e. The first kappa shape index (κ1) is 17.8. The number of carbonyl (C=O) groups excluding carboxylic acids is 1. The third-order valence-electron chi connectivity index (χ3n) is 5.63. The number of nitrogens with one attached hydrogen (secondary N) is 1. The van der Waals surface area contributed by atoms with Crippen molar-refractivity contribution in [2.75, 3.05) is 19.6 Å². The molecule has 128 valence electrons. The van der Waals surface area contributed by atoms with E-state index in [9.17, 15) is 4.79 Å². The predicted molar refractivity (Wildman–Crippen MR) is 92.9 cm³/mol. The van der Waals surface area contributed by atoms with Gasteiger partial charge in [-0.2, -0.15) is 0 Å². The summed E-state index contributed by atoms with van der Waals surface area (Å²) in [6.07, 6.45) is 15.3. The Morgan fingerprint density at radius 1 is 1.05 bits per heavy atom. The van der Waals surface area contributed by atoms with Gasteiger partial charge in [0.25, 0.3) is 0 Å². The van der Waals surface area contributed by atoms with Crippen LogP contribution in [0, 0.1) is 5.92 Å². The number of carbonyl (C=O) groups is 1. The van der Waals surface area contributed by atoms with E-state index in [1.807, 2.05) is 0 Å². The fraction of sp³-hybridized carbons (Fsp3) is 0.947. The van der Waals surface area contributed by atoms with E-state index in [1.54, 1.807) is 0 Å². The fourth-order valence-corrected chi connectivity index (χ4v) is 4.12. The van der Waals surface area contributed by atoms with Crippen LogP contribution in [0.4, 0.5) is 0 Å². The highest BCUT2D eigenvalue weighted by molar-refractivity contribution is 5.75. The van der Waals surface area contributed by atoms with E-state index >= 15 is 0 Å². The number of nitrogens with zero attached hydrogens (tertiary/aromatic N) is 1. The first-order valence-electron chi connectivity index (χ1n) is 9.76. The smallest absolute Gasteiger partial charge is 0.219 e. The van der Waals surface area contributed by atoms with E-state index in [0.717, 1.165) is 44.3 Å². The number of hydrogen-bond donors (Lipinski definition) is 1. The van der Waals surface area contributed by atoms with Crippen molar-refractivity contribution < 1.29 is 4.79 Å². The molecule has 2 aliphatic rings. The Balaban J connectivity index is 1.45. The molecule has 0 aromatic carbocycles. The van der Waals surface area contributed by atoms with E-state index in [1.165, 1.54) is 64.3 Å². The molecule has 0 bridgehead atoms. The molecule has 2 rings (SSSR count). The fourth-order valence-electron chi connectivity index (χ4n) is 4.12. The average molecular weight is 309 g/mol. The number of piperidine rings is 1. The monoisotopic (exact) mass is 308 g/mol. The average Bonchev–Trinajstić information content (AvgIpc) is 2.54. The van der Waals surface area contributed by atoms with Gasteiger partial charge in [-0.1, -0.05) is 38.5 Å². The molecule has 1 N–H and O–H groups in total. The third-order valence-corrected chi connectivity index (χ3v) is 5.63. The summed E-state index contributed by atoms with van der Waals surface area (Å²) in [6.45, 7) is 5.58. The number of likely N-dealkylation sites (tertiary alicyclic amines) is 1. The lowest BCUT2D eigenvalue weighted by Gasteiger charge is -2.33. The van der Waals surface area contributed by atoms with Gasteiger partial charge >= 0.3 is 0 Å². The number of amides is 1. The van der Waals surface area contributed by atoms with Gasteiger partial charge in [-0.15, -0.1) is 0 Å². The van der Waals surface area contributed by atoms with E-state index in [0.29, 0.717) is 0 Å². The van der Waals surface area contributed by atoms with Gasteiger partial charge in [0.1, 0.15) is 0 Å². The molecule has 2 fully saturated rings. The Morgan fingerprint density at radius 2 is 1.82 bits per heavy atom. The zero-order valence-corrected chi connectivity index (χ0v) is 14.6. The van der Waals surface area contributed by atoms with E-state index in [4.69, 9.17) is 0 Å². The Bertz CT molecular complexity index is 313. The molecule has 1 unspecified atom stereocenters. The van der Waals surface area contributed by atoms with Crippen LogP contribution in [0.5, 0.6) is 0 Å². The lowest BCUT2D eigenvalue weighted by atomic mass is 9.86. The van der Waals surface area contributed by atoms with Crippen LogP contribution in [0.15, 0.2) is 0 Å². The summed E-state index contributed by atoms with van der Waals surface area (Å²) >= 11 is 0. The van der Waals surface area contributed by atoms with Crippen LogP contribution >= 0.6 is 0 Å². The minimum absolute atomic E-state index is 0.266. The van der Waals surface area contributed by atoms with Crippen LogP contribution in [0.2, 0.25) is 0 Å². The molecule has 3 heteroatoms. The van der Waals surface area contributed by atoms with Crippen molar-refractivity contribution in [3.8, 4) is 0 Å². The van der Waals surface area contributed by atoms with Crippen molar-refractivity contribution >= 4 is 5.91 Å². The molecule has 1 saturated carbocycles. The minimum Gasteiger partial charge on any atom is -0.356 e. The SMILES string of the molecule is CC1CCCCN1CCCNC(=O)CCCC1CCCCC1. The summed E-state index contributed by atoms with van der Waals surface area (Å²) in [4.78, 5) is 14.5. The number of rotatable bonds is 8. The third kappa shape index (κ3) is 6.68. The first-order valence-corrected chi connectivity index (χ1v) is 9.76. The Labute approximate surface area is 137 Å². The van der Waals surface area contributed by atoms with Gasteiger partial charge in [-0.3, -0.25) is 4.79 Å². The van der Waals surface area contributed by atoms with Crippen molar-refractivity contribution in [1.29, 1.82) is 0 Å². The van der Waals surface area contributed by atoms with Crippen LogP contribution in [0.3, 0.4) is 0 Å². The molecule has 22 heavy (non-hydrogen) atoms. The highest BCUT2D eigenvalue weighted by atomic mass is 16.1. The Morgan fingerprint density at radius 3 is 2.59 bits per heavy atom. The zero-order valence-electron chi connectivity index (χ0n) is 14.6. The summed E-state index contributed by atoms with van der Waals surface area (Å²) < 4.78 is 0. The number of hydrogen-bond acceptors (Lipinski definition) is 2. The van der Waals surface area contributed by atoms with Crippen LogP contribution in [-0.2, 0) is 4.79 Å². The molecule has 0 spiro atoms. The Hall–Kier alpha value is -0.570. The largest absolute Gasteiger partial charge is 0.356 e. The van der Waals surface area contributed by atoms with Crippen LogP contribution in [0.1, 0.15) is 84.0 Å². The van der Waals surface area contributed by atoms with Gasteiger partial charge < -0.3 is 10.2 Å². The van der Waals surface area contributed by atoms with E-state index in [-0.39, 0.29) is 5.91 Å². The molecule has 0 aromatic heterocycles. The molecule has 1 amide bonds. The second-order valence-corrected chi connectivity index (χ2v) is 7.48. The summed E-state index contributed by atoms with van der Waals surface area (Å²) in [5, 5.41) is 3.11. The molecule has 1 heterocycles. The van der Waals surface area contributed by atoms with E-state index < -0.39 is 0 Å². The van der Waals surface area contributed by atoms with Crippen molar-refractivity contribution in [1.82, 2.24) is 10.2 Å². The molecule has 1 aliphatic carbocycles. The molecular formula is C19H36N2O. The topological polar surface area (TPSA) is 32.3 Å². The van der Waals surface area contributed by atoms with Crippen LogP contribution in [-0.4, -0.2) is 36.5 Å². The lowest BCUT2D eigenvalue weighted by Crippen LogP contribution is -2.39. The standard InChI is InChI=1S/C19H36N2O/c1-17-9-5-6-15-21(17)16-8-14-20-19(22)13-7-12-18-10-3-2-4-11-18/h17-18H,2-16H2,1H3,(H,20,22). The highest BCUT2D eigenvalue weighted by Gasteiger charge is 2.17. The molecule has 0 aromatic rings. The maximum atomic E-state index is 11.9. The van der Waals surface area contributed by atoms with Gasteiger partial charge in [0.05, 0.1) is 0 Å². The van der Waals surface area contributed by atoms with Crippen molar-refractivity contribution in [3.63, 3.8) is 0 Å². The maximum absolute atomic E-state index is 11.9. The van der Waals surface area contributed by atoms with Crippen molar-refractivity contribution in [2.45, 2.75) is 90.0 Å². The lowest BCUT2D eigenvalue weighted by molar-refractivity contribution is -0.121. The molecule has 1 atom stereocenters. The highest BCUT2D eigenvalue weighted by Crippen LogP contribution is 2.27. The molecular weight excluding hydrogens is 272 g/mol. The quantitative estimate of drug-likeness (QED) is 0.684. The predicted octanol–water partition coefficient (Wildman–Crippen LogP) is 4.12. The summed E-state index contributed by atoms with van der Waals surface area (Å²) in [5.74, 6) is 1.17. The van der Waals surface area contributed by atoms with Gasteiger partial charge in [-0.25, -0.2) is 0 Å². The van der Waals surface area contributed by atoms with Gasteiger partial charge in [0.2, 0.25) is 5.91 Å². The van der Waals surface area contributed by atoms with Gasteiger partial charge in [0, 0.05) is 25.6 Å². The molecule has 1 aliphatic heterocycles. The normalized spacial score (nSPS) is 24.3. The second kappa shape index (κ2) is 10.3. The summed E-state index contributed by atoms with van der Waals surface area (Å²) in [6, 6.07) is 0.736. The van der Waals surface area contributed by atoms with Crippen molar-refractivity contribution in [3.05, 3.63) is 0 Å². The summed E-state index contributed by atoms with van der Waals surface area (Å²) in [7, 11) is 0. The van der Waals surface area contributed by atoms with Crippen molar-refractivity contribution in [2.24, 2.45) is 5.92 Å². The van der Waals surface area contributed by atoms with E-state index in [2.05, 4.69) is 17.1 Å². The second-order valence-electron chi connectivity index (χ2n) is 7.48. The zero-order chi connectivity index (χ0) is 15.6. The Kier molecular flexibility index (Phi) is 8.28.